The third-order valence-corrected chi connectivity index (χ3v) is 2.15. The topological polar surface area (TPSA) is 84.1 Å². The second-order valence-electron chi connectivity index (χ2n) is 4.79. The number of aliphatic hydroxyl groups is 1. The van der Waals surface area contributed by atoms with Crippen LogP contribution >= 0.6 is 0 Å². The van der Waals surface area contributed by atoms with Gasteiger partial charge in [0.2, 0.25) is 5.95 Å². The van der Waals surface area contributed by atoms with E-state index in [0.717, 1.165) is 6.42 Å². The predicted molar refractivity (Wildman–Crippen MR) is 65.0 cm³/mol. The highest BCUT2D eigenvalue weighted by molar-refractivity contribution is 5.35. The van der Waals surface area contributed by atoms with Gasteiger partial charge >= 0.3 is 0 Å². The first kappa shape index (κ1) is 12.7. The number of hydrogen-bond acceptors (Lipinski definition) is 5. The van der Waals surface area contributed by atoms with E-state index in [4.69, 9.17) is 5.73 Å². The second kappa shape index (κ2) is 5.12. The zero-order chi connectivity index (χ0) is 12.2. The van der Waals surface area contributed by atoms with Crippen LogP contribution in [0.5, 0.6) is 0 Å². The fourth-order valence-corrected chi connectivity index (χ4v) is 1.65. The number of nitrogens with one attached hydrogen (secondary N) is 1. The van der Waals surface area contributed by atoms with Gasteiger partial charge in [-0.15, -0.1) is 0 Å². The van der Waals surface area contributed by atoms with Crippen LogP contribution in [-0.4, -0.2) is 27.2 Å². The molecule has 1 unspecified atom stereocenters. The van der Waals surface area contributed by atoms with E-state index < -0.39 is 5.60 Å². The minimum absolute atomic E-state index is 0.426. The molecule has 90 valence electrons. The van der Waals surface area contributed by atoms with Gasteiger partial charge in [-0.25, -0.2) is 9.97 Å². The lowest BCUT2D eigenvalue weighted by atomic mass is 9.94. The van der Waals surface area contributed by atoms with E-state index in [1.54, 1.807) is 6.92 Å². The molecule has 0 amide bonds. The molecule has 5 nitrogen and oxygen atoms in total. The highest BCUT2D eigenvalue weighted by atomic mass is 16.3. The molecule has 1 aromatic rings. The number of nitrogens with zero attached hydrogens (tertiary/aromatic N) is 2. The molecule has 16 heavy (non-hydrogen) atoms. The van der Waals surface area contributed by atoms with Gasteiger partial charge in [-0.05, 0) is 19.3 Å². The zero-order valence-electron chi connectivity index (χ0n) is 10.1. The Morgan fingerprint density at radius 2 is 2.00 bits per heavy atom. The first-order chi connectivity index (χ1) is 7.39. The molecule has 4 N–H and O–H groups in total. The van der Waals surface area contributed by atoms with Crippen molar-refractivity contribution in [3.05, 3.63) is 12.4 Å². The zero-order valence-corrected chi connectivity index (χ0v) is 10.1. The fourth-order valence-electron chi connectivity index (χ4n) is 1.65. The number of nitrogens with two attached hydrogens (primary N) is 1. The monoisotopic (exact) mass is 224 g/mol. The highest BCUT2D eigenvalue weighted by Gasteiger charge is 2.21. The van der Waals surface area contributed by atoms with E-state index in [9.17, 15) is 5.11 Å². The maximum Gasteiger partial charge on any atom is 0.222 e. The highest BCUT2D eigenvalue weighted by Crippen LogP contribution is 2.16. The molecule has 0 aliphatic rings. The summed E-state index contributed by atoms with van der Waals surface area (Å²) in [5, 5.41) is 13.0. The lowest BCUT2D eigenvalue weighted by molar-refractivity contribution is 0.0514. The molecule has 0 fully saturated rings. The van der Waals surface area contributed by atoms with Crippen LogP contribution < -0.4 is 11.1 Å². The number of anilines is 2. The van der Waals surface area contributed by atoms with Crippen molar-refractivity contribution < 1.29 is 5.11 Å². The van der Waals surface area contributed by atoms with Crippen molar-refractivity contribution in [3.8, 4) is 0 Å². The third-order valence-electron chi connectivity index (χ3n) is 2.15. The molecule has 5 heteroatoms. The lowest BCUT2D eigenvalue weighted by Crippen LogP contribution is -2.35. The summed E-state index contributed by atoms with van der Waals surface area (Å²) >= 11 is 0. The van der Waals surface area contributed by atoms with Crippen molar-refractivity contribution in [3.63, 3.8) is 0 Å². The van der Waals surface area contributed by atoms with Crippen molar-refractivity contribution >= 4 is 11.6 Å². The normalized spacial score (nSPS) is 14.8. The molecule has 0 aliphatic heterocycles. The van der Waals surface area contributed by atoms with Gasteiger partial charge in [-0.2, -0.15) is 0 Å². The van der Waals surface area contributed by atoms with Gasteiger partial charge < -0.3 is 16.2 Å². The number of nitrogen functional groups attached to an aromatic ring is 1. The van der Waals surface area contributed by atoms with Crippen LogP contribution in [0.2, 0.25) is 0 Å². The van der Waals surface area contributed by atoms with Gasteiger partial charge in [0.1, 0.15) is 0 Å². The van der Waals surface area contributed by atoms with Crippen LogP contribution in [0.3, 0.4) is 0 Å². The second-order valence-corrected chi connectivity index (χ2v) is 4.79. The average Bonchev–Trinajstić information content (AvgIpc) is 2.15. The van der Waals surface area contributed by atoms with Crippen molar-refractivity contribution in [2.45, 2.75) is 32.8 Å². The molecule has 0 bridgehead atoms. The minimum atomic E-state index is -0.751. The maximum atomic E-state index is 10.1. The Morgan fingerprint density at radius 3 is 2.50 bits per heavy atom. The van der Waals surface area contributed by atoms with Gasteiger partial charge in [0.05, 0.1) is 23.7 Å². The van der Waals surface area contributed by atoms with Crippen LogP contribution in [0.15, 0.2) is 12.4 Å². The fraction of sp³-hybridized carbons (Fsp3) is 0.636. The minimum Gasteiger partial charge on any atom is -0.396 e. The number of rotatable bonds is 5. The van der Waals surface area contributed by atoms with E-state index in [1.807, 2.05) is 0 Å². The van der Waals surface area contributed by atoms with E-state index >= 15 is 0 Å². The van der Waals surface area contributed by atoms with Gasteiger partial charge in [0.15, 0.2) is 0 Å². The summed E-state index contributed by atoms with van der Waals surface area (Å²) < 4.78 is 0. The molecule has 1 heterocycles. The molecular weight excluding hydrogens is 204 g/mol. The Morgan fingerprint density at radius 1 is 1.44 bits per heavy atom. The van der Waals surface area contributed by atoms with Gasteiger partial charge in [-0.3, -0.25) is 0 Å². The van der Waals surface area contributed by atoms with Crippen molar-refractivity contribution in [2.24, 2.45) is 5.92 Å². The van der Waals surface area contributed by atoms with E-state index in [-0.39, 0.29) is 0 Å². The summed E-state index contributed by atoms with van der Waals surface area (Å²) in [5.41, 5.74) is 5.25. The van der Waals surface area contributed by atoms with Crippen molar-refractivity contribution in [1.29, 1.82) is 0 Å². The van der Waals surface area contributed by atoms with Crippen molar-refractivity contribution in [2.75, 3.05) is 17.6 Å². The average molecular weight is 224 g/mol. The summed E-state index contributed by atoms with van der Waals surface area (Å²) in [6.07, 6.45) is 3.80. The van der Waals surface area contributed by atoms with Gasteiger partial charge in [0, 0.05) is 6.54 Å². The molecule has 1 atom stereocenters. The molecule has 1 rings (SSSR count). The van der Waals surface area contributed by atoms with Crippen LogP contribution in [0.25, 0.3) is 0 Å². The standard InChI is InChI=1S/C11H20N4O/c1-8(2)4-11(3,16)7-15-10-13-5-9(12)6-14-10/h5-6,8,16H,4,7,12H2,1-3H3,(H,13,14,15). The molecule has 0 aromatic carbocycles. The lowest BCUT2D eigenvalue weighted by Gasteiger charge is -2.25. The molecule has 0 spiro atoms. The maximum absolute atomic E-state index is 10.1. The summed E-state index contributed by atoms with van der Waals surface area (Å²) in [7, 11) is 0. The van der Waals surface area contributed by atoms with Gasteiger partial charge in [-0.1, -0.05) is 13.8 Å². The van der Waals surface area contributed by atoms with Crippen LogP contribution in [0, 0.1) is 5.92 Å². The Labute approximate surface area is 96.1 Å². The number of aromatic nitrogens is 2. The van der Waals surface area contributed by atoms with E-state index in [2.05, 4.69) is 29.1 Å². The Bertz CT molecular complexity index is 321. The Balaban J connectivity index is 2.47. The largest absolute Gasteiger partial charge is 0.396 e. The summed E-state index contributed by atoms with van der Waals surface area (Å²) in [6.45, 7) is 6.38. The summed E-state index contributed by atoms with van der Waals surface area (Å²) in [4.78, 5) is 8.00. The molecule has 1 aromatic heterocycles. The molecular formula is C11H20N4O. The molecule has 0 radical (unpaired) electrons. The van der Waals surface area contributed by atoms with E-state index in [1.165, 1.54) is 12.4 Å². The summed E-state index contributed by atoms with van der Waals surface area (Å²) in [5.74, 6) is 0.933. The molecule has 0 aliphatic carbocycles. The number of hydrogen-bond donors (Lipinski definition) is 3. The van der Waals surface area contributed by atoms with E-state index in [0.29, 0.717) is 24.1 Å². The van der Waals surface area contributed by atoms with Crippen LogP contribution in [0.4, 0.5) is 11.6 Å². The van der Waals surface area contributed by atoms with Crippen LogP contribution in [0.1, 0.15) is 27.2 Å². The third kappa shape index (κ3) is 4.44. The predicted octanol–water partition coefficient (Wildman–Crippen LogP) is 1.27. The first-order valence-electron chi connectivity index (χ1n) is 5.43. The molecule has 0 saturated heterocycles. The van der Waals surface area contributed by atoms with Crippen molar-refractivity contribution in [1.82, 2.24) is 9.97 Å². The summed E-state index contributed by atoms with van der Waals surface area (Å²) in [6, 6.07) is 0. The quantitative estimate of drug-likeness (QED) is 0.701. The SMILES string of the molecule is CC(C)CC(C)(O)CNc1ncc(N)cn1. The van der Waals surface area contributed by atoms with Gasteiger partial charge in [0.25, 0.3) is 0 Å². The Hall–Kier alpha value is -1.36. The molecule has 0 saturated carbocycles. The first-order valence-corrected chi connectivity index (χ1v) is 5.43. The smallest absolute Gasteiger partial charge is 0.222 e. The van der Waals surface area contributed by atoms with Crippen LogP contribution in [-0.2, 0) is 0 Å². The Kier molecular flexibility index (Phi) is 4.06.